The quantitative estimate of drug-likeness (QED) is 0.668. The third kappa shape index (κ3) is 2.97. The van der Waals surface area contributed by atoms with Crippen LogP contribution in [0, 0.1) is 0 Å². The van der Waals surface area contributed by atoms with Crippen LogP contribution in [0.3, 0.4) is 0 Å². The van der Waals surface area contributed by atoms with Crippen LogP contribution >= 0.6 is 23.2 Å². The number of carbonyl (C=O) groups is 1. The highest BCUT2D eigenvalue weighted by molar-refractivity contribution is 6.36. The normalized spacial score (nSPS) is 13.8. The minimum absolute atomic E-state index is 0.0982. The molecule has 0 unspecified atom stereocenters. The number of hydrogen-bond donors (Lipinski definition) is 0. The SMILES string of the molecule is CN1CCN(C(=O)Cc2c(Cl)cccc2Cl)c2nc3ccccc3nc21. The second-order valence-electron chi connectivity index (χ2n) is 6.20. The molecule has 1 aliphatic heterocycles. The number of hydrogen-bond acceptors (Lipinski definition) is 4. The van der Waals surface area contributed by atoms with E-state index in [0.29, 0.717) is 40.3 Å². The van der Waals surface area contributed by atoms with E-state index < -0.39 is 0 Å². The van der Waals surface area contributed by atoms with E-state index in [1.807, 2.05) is 36.2 Å². The predicted molar refractivity (Wildman–Crippen MR) is 105 cm³/mol. The number of anilines is 2. The van der Waals surface area contributed by atoms with Crippen LogP contribution in [0.4, 0.5) is 11.6 Å². The van der Waals surface area contributed by atoms with Crippen molar-refractivity contribution in [1.29, 1.82) is 0 Å². The van der Waals surface area contributed by atoms with Gasteiger partial charge in [0.15, 0.2) is 11.6 Å². The van der Waals surface area contributed by atoms with Gasteiger partial charge < -0.3 is 4.90 Å². The standard InChI is InChI=1S/C19H16Cl2N4O/c1-24-9-10-25(17(26)11-12-13(20)5-4-6-14(12)21)19-18(24)22-15-7-2-3-8-16(15)23-19/h2-8H,9-11H2,1H3. The maximum Gasteiger partial charge on any atom is 0.232 e. The Balaban J connectivity index is 1.73. The molecule has 5 nitrogen and oxygen atoms in total. The molecular formula is C19H16Cl2N4O. The van der Waals surface area contributed by atoms with E-state index in [-0.39, 0.29) is 12.3 Å². The van der Waals surface area contributed by atoms with Crippen LogP contribution in [0.2, 0.25) is 10.0 Å². The molecule has 0 saturated carbocycles. The molecule has 1 amide bonds. The monoisotopic (exact) mass is 386 g/mol. The Labute approximate surface area is 161 Å². The zero-order valence-corrected chi connectivity index (χ0v) is 15.6. The van der Waals surface area contributed by atoms with Crippen molar-refractivity contribution in [3.8, 4) is 0 Å². The van der Waals surface area contributed by atoms with Crippen LogP contribution < -0.4 is 9.80 Å². The molecule has 0 atom stereocenters. The van der Waals surface area contributed by atoms with E-state index in [1.54, 1.807) is 23.1 Å². The molecule has 3 aromatic rings. The van der Waals surface area contributed by atoms with Crippen molar-refractivity contribution in [2.45, 2.75) is 6.42 Å². The van der Waals surface area contributed by atoms with Crippen LogP contribution in [0.25, 0.3) is 11.0 Å². The molecule has 4 rings (SSSR count). The van der Waals surface area contributed by atoms with Gasteiger partial charge in [-0.1, -0.05) is 41.4 Å². The maximum absolute atomic E-state index is 13.0. The Bertz CT molecular complexity index is 988. The molecule has 2 heterocycles. The smallest absolute Gasteiger partial charge is 0.232 e. The highest BCUT2D eigenvalue weighted by Crippen LogP contribution is 2.32. The van der Waals surface area contributed by atoms with Gasteiger partial charge in [-0.3, -0.25) is 9.69 Å². The molecule has 1 aromatic heterocycles. The van der Waals surface area contributed by atoms with Gasteiger partial charge in [-0.15, -0.1) is 0 Å². The first-order valence-corrected chi connectivity index (χ1v) is 9.01. The molecule has 7 heteroatoms. The van der Waals surface area contributed by atoms with Crippen molar-refractivity contribution in [3.63, 3.8) is 0 Å². The van der Waals surface area contributed by atoms with E-state index in [4.69, 9.17) is 28.2 Å². The summed E-state index contributed by atoms with van der Waals surface area (Å²) < 4.78 is 0. The van der Waals surface area contributed by atoms with Gasteiger partial charge in [0.05, 0.1) is 17.5 Å². The number of likely N-dealkylation sites (N-methyl/N-ethyl adjacent to an activating group) is 1. The van der Waals surface area contributed by atoms with E-state index in [0.717, 1.165) is 11.0 Å². The third-order valence-corrected chi connectivity index (χ3v) is 5.21. The molecule has 0 saturated heterocycles. The lowest BCUT2D eigenvalue weighted by molar-refractivity contribution is -0.118. The summed E-state index contributed by atoms with van der Waals surface area (Å²) in [5.74, 6) is 1.18. The summed E-state index contributed by atoms with van der Waals surface area (Å²) in [4.78, 5) is 26.1. The van der Waals surface area contributed by atoms with Crippen molar-refractivity contribution < 1.29 is 4.79 Å². The van der Waals surface area contributed by atoms with Gasteiger partial charge in [0.25, 0.3) is 0 Å². The minimum Gasteiger partial charge on any atom is -0.355 e. The van der Waals surface area contributed by atoms with Gasteiger partial charge in [0.1, 0.15) is 0 Å². The van der Waals surface area contributed by atoms with E-state index >= 15 is 0 Å². The fraction of sp³-hybridized carbons (Fsp3) is 0.211. The summed E-state index contributed by atoms with van der Waals surface area (Å²) in [6.45, 7) is 1.22. The van der Waals surface area contributed by atoms with E-state index in [1.165, 1.54) is 0 Å². The summed E-state index contributed by atoms with van der Waals surface area (Å²) in [6.07, 6.45) is 0.121. The highest BCUT2D eigenvalue weighted by atomic mass is 35.5. The fourth-order valence-corrected chi connectivity index (χ4v) is 3.60. The van der Waals surface area contributed by atoms with Crippen molar-refractivity contribution >= 4 is 51.8 Å². The number of nitrogens with zero attached hydrogens (tertiary/aromatic N) is 4. The minimum atomic E-state index is -0.0982. The second-order valence-corrected chi connectivity index (χ2v) is 7.02. The zero-order chi connectivity index (χ0) is 18.3. The Kier molecular flexibility index (Phi) is 4.42. The Morgan fingerprint density at radius 3 is 2.23 bits per heavy atom. The number of halogens is 2. The summed E-state index contributed by atoms with van der Waals surface area (Å²) in [5.41, 5.74) is 2.20. The number of fused-ring (bicyclic) bond motifs is 2. The molecule has 0 bridgehead atoms. The second kappa shape index (κ2) is 6.74. The molecule has 0 radical (unpaired) electrons. The largest absolute Gasteiger partial charge is 0.355 e. The predicted octanol–water partition coefficient (Wildman–Crippen LogP) is 3.96. The van der Waals surface area contributed by atoms with Crippen molar-refractivity contribution in [2.75, 3.05) is 29.9 Å². The van der Waals surface area contributed by atoms with Crippen molar-refractivity contribution in [1.82, 2.24) is 9.97 Å². The molecule has 0 aliphatic carbocycles. The van der Waals surface area contributed by atoms with Gasteiger partial charge in [-0.2, -0.15) is 0 Å². The summed E-state index contributed by atoms with van der Waals surface area (Å²) >= 11 is 12.4. The Morgan fingerprint density at radius 1 is 0.962 bits per heavy atom. The lowest BCUT2D eigenvalue weighted by Gasteiger charge is -2.34. The Hall–Kier alpha value is -2.37. The molecule has 26 heavy (non-hydrogen) atoms. The van der Waals surface area contributed by atoms with Gasteiger partial charge in [0.2, 0.25) is 5.91 Å². The third-order valence-electron chi connectivity index (χ3n) is 4.50. The summed E-state index contributed by atoms with van der Waals surface area (Å²) in [7, 11) is 1.95. The molecule has 0 N–H and O–H groups in total. The van der Waals surface area contributed by atoms with Gasteiger partial charge >= 0.3 is 0 Å². The highest BCUT2D eigenvalue weighted by Gasteiger charge is 2.29. The van der Waals surface area contributed by atoms with Crippen molar-refractivity contribution in [3.05, 3.63) is 58.1 Å². The van der Waals surface area contributed by atoms with Crippen LogP contribution in [0.5, 0.6) is 0 Å². The van der Waals surface area contributed by atoms with Crippen LogP contribution in [0.1, 0.15) is 5.56 Å². The first-order valence-electron chi connectivity index (χ1n) is 8.26. The zero-order valence-electron chi connectivity index (χ0n) is 14.1. The van der Waals surface area contributed by atoms with Gasteiger partial charge in [-0.25, -0.2) is 9.97 Å². The van der Waals surface area contributed by atoms with E-state index in [2.05, 4.69) is 4.98 Å². The van der Waals surface area contributed by atoms with E-state index in [9.17, 15) is 4.79 Å². The molecule has 1 aliphatic rings. The average Bonchev–Trinajstić information content (AvgIpc) is 2.64. The number of amides is 1. The number of carbonyl (C=O) groups excluding carboxylic acids is 1. The van der Waals surface area contributed by atoms with Crippen LogP contribution in [-0.4, -0.2) is 36.0 Å². The number of benzene rings is 2. The number of rotatable bonds is 2. The first kappa shape index (κ1) is 17.1. The Morgan fingerprint density at radius 2 is 1.58 bits per heavy atom. The van der Waals surface area contributed by atoms with Gasteiger partial charge in [-0.05, 0) is 29.8 Å². The topological polar surface area (TPSA) is 49.3 Å². The fourth-order valence-electron chi connectivity index (χ4n) is 3.07. The molecule has 0 fully saturated rings. The number of para-hydroxylation sites is 2. The maximum atomic E-state index is 13.0. The van der Waals surface area contributed by atoms with Gasteiger partial charge in [0, 0.05) is 30.2 Å². The summed E-state index contributed by atoms with van der Waals surface area (Å²) in [5, 5.41) is 0.981. The lowest BCUT2D eigenvalue weighted by atomic mass is 10.1. The lowest BCUT2D eigenvalue weighted by Crippen LogP contribution is -2.44. The molecule has 132 valence electrons. The average molecular weight is 387 g/mol. The van der Waals surface area contributed by atoms with Crippen LogP contribution in [-0.2, 0) is 11.2 Å². The first-order chi connectivity index (χ1) is 12.5. The molecular weight excluding hydrogens is 371 g/mol. The molecule has 0 spiro atoms. The number of aromatic nitrogens is 2. The summed E-state index contributed by atoms with van der Waals surface area (Å²) in [6, 6.07) is 12.9. The molecule has 2 aromatic carbocycles. The van der Waals surface area contributed by atoms with Crippen molar-refractivity contribution in [2.24, 2.45) is 0 Å². The van der Waals surface area contributed by atoms with Crippen LogP contribution in [0.15, 0.2) is 42.5 Å².